The largest absolute Gasteiger partial charge is 0.398 e. The van der Waals surface area contributed by atoms with Crippen molar-refractivity contribution in [1.82, 2.24) is 5.32 Å². The van der Waals surface area contributed by atoms with Crippen LogP contribution in [0.25, 0.3) is 0 Å². The zero-order valence-corrected chi connectivity index (χ0v) is 12.0. The Labute approximate surface area is 119 Å². The van der Waals surface area contributed by atoms with Crippen molar-refractivity contribution in [2.75, 3.05) is 12.3 Å². The van der Waals surface area contributed by atoms with E-state index >= 15 is 0 Å². The van der Waals surface area contributed by atoms with Gasteiger partial charge in [-0.3, -0.25) is 4.79 Å². The lowest BCUT2D eigenvalue weighted by molar-refractivity contribution is 0.0950. The molecule has 2 atom stereocenters. The highest BCUT2D eigenvalue weighted by atomic mass is 19.1. The van der Waals surface area contributed by atoms with Crippen LogP contribution in [0.4, 0.5) is 10.1 Å². The molecule has 1 aromatic rings. The molecule has 0 saturated heterocycles. The molecule has 110 valence electrons. The minimum atomic E-state index is -0.439. The van der Waals surface area contributed by atoms with E-state index in [1.54, 1.807) is 0 Å². The van der Waals surface area contributed by atoms with Gasteiger partial charge in [0, 0.05) is 12.2 Å². The summed E-state index contributed by atoms with van der Waals surface area (Å²) in [6, 6.07) is 3.87. The molecule has 2 rings (SSSR count). The van der Waals surface area contributed by atoms with Crippen molar-refractivity contribution >= 4 is 11.6 Å². The number of benzene rings is 1. The van der Waals surface area contributed by atoms with Crippen molar-refractivity contribution in [3.8, 4) is 0 Å². The van der Waals surface area contributed by atoms with Crippen LogP contribution in [0.1, 0.15) is 49.4 Å². The first kappa shape index (κ1) is 14.8. The van der Waals surface area contributed by atoms with E-state index in [-0.39, 0.29) is 11.5 Å². The summed E-state index contributed by atoms with van der Waals surface area (Å²) in [6.45, 7) is 2.92. The number of nitrogens with two attached hydrogens (primary N) is 1. The van der Waals surface area contributed by atoms with Crippen molar-refractivity contribution in [2.24, 2.45) is 11.8 Å². The molecule has 2 unspecified atom stereocenters. The first-order valence-electron chi connectivity index (χ1n) is 7.39. The number of hydrogen-bond donors (Lipinski definition) is 2. The average Bonchev–Trinajstić information content (AvgIpc) is 2.41. The predicted molar refractivity (Wildman–Crippen MR) is 78.9 cm³/mol. The molecule has 0 spiro atoms. The zero-order valence-electron chi connectivity index (χ0n) is 12.0. The number of carbonyl (C=O) groups excluding carboxylic acids is 1. The van der Waals surface area contributed by atoms with E-state index in [4.69, 9.17) is 5.73 Å². The second kappa shape index (κ2) is 6.73. The molecule has 0 radical (unpaired) electrons. The van der Waals surface area contributed by atoms with E-state index in [9.17, 15) is 9.18 Å². The van der Waals surface area contributed by atoms with E-state index in [0.717, 1.165) is 12.3 Å². The number of halogens is 1. The van der Waals surface area contributed by atoms with Gasteiger partial charge < -0.3 is 11.1 Å². The third-order valence-electron chi connectivity index (χ3n) is 4.14. The Morgan fingerprint density at radius 2 is 2.25 bits per heavy atom. The van der Waals surface area contributed by atoms with Gasteiger partial charge in [0.05, 0.1) is 5.56 Å². The van der Waals surface area contributed by atoms with Gasteiger partial charge in [-0.25, -0.2) is 4.39 Å². The minimum absolute atomic E-state index is 0.224. The Morgan fingerprint density at radius 1 is 1.45 bits per heavy atom. The van der Waals surface area contributed by atoms with Crippen molar-refractivity contribution in [3.05, 3.63) is 29.6 Å². The molecule has 3 nitrogen and oxygen atoms in total. The van der Waals surface area contributed by atoms with Gasteiger partial charge in [-0.1, -0.05) is 26.2 Å². The second-order valence-corrected chi connectivity index (χ2v) is 5.91. The first-order chi connectivity index (χ1) is 9.56. The van der Waals surface area contributed by atoms with Gasteiger partial charge in [-0.15, -0.1) is 0 Å². The van der Waals surface area contributed by atoms with Crippen LogP contribution < -0.4 is 11.1 Å². The highest BCUT2D eigenvalue weighted by Gasteiger charge is 2.19. The molecule has 0 aliphatic heterocycles. The summed E-state index contributed by atoms with van der Waals surface area (Å²) in [7, 11) is 0. The maximum atomic E-state index is 13.1. The normalized spacial score (nSPS) is 22.5. The molecule has 1 fully saturated rings. The summed E-state index contributed by atoms with van der Waals surface area (Å²) in [5.74, 6) is 0.767. The SMILES string of the molecule is CC1CCCC(CCNC(=O)c2cc(F)ccc2N)C1. The van der Waals surface area contributed by atoms with Crippen molar-refractivity contribution in [1.29, 1.82) is 0 Å². The van der Waals surface area contributed by atoms with Gasteiger partial charge in [0.25, 0.3) is 5.91 Å². The van der Waals surface area contributed by atoms with Crippen LogP contribution in [0.3, 0.4) is 0 Å². The number of nitrogen functional groups attached to an aromatic ring is 1. The van der Waals surface area contributed by atoms with Crippen LogP contribution in [-0.2, 0) is 0 Å². The predicted octanol–water partition coefficient (Wildman–Crippen LogP) is 3.35. The molecular formula is C16H23FN2O. The molecule has 1 aliphatic rings. The van der Waals surface area contributed by atoms with E-state index in [1.807, 2.05) is 0 Å². The summed E-state index contributed by atoms with van der Waals surface area (Å²) >= 11 is 0. The smallest absolute Gasteiger partial charge is 0.253 e. The maximum Gasteiger partial charge on any atom is 0.253 e. The third-order valence-corrected chi connectivity index (χ3v) is 4.14. The quantitative estimate of drug-likeness (QED) is 0.830. The number of anilines is 1. The van der Waals surface area contributed by atoms with Gasteiger partial charge in [0.15, 0.2) is 0 Å². The van der Waals surface area contributed by atoms with Gasteiger partial charge >= 0.3 is 0 Å². The van der Waals surface area contributed by atoms with E-state index < -0.39 is 5.82 Å². The van der Waals surface area contributed by atoms with Gasteiger partial charge in [-0.2, -0.15) is 0 Å². The number of nitrogens with one attached hydrogen (secondary N) is 1. The van der Waals surface area contributed by atoms with E-state index in [1.165, 1.54) is 43.9 Å². The van der Waals surface area contributed by atoms with Gasteiger partial charge in [0.1, 0.15) is 5.82 Å². The molecule has 1 amide bonds. The molecule has 1 aliphatic carbocycles. The highest BCUT2D eigenvalue weighted by molar-refractivity contribution is 5.99. The Balaban J connectivity index is 1.81. The van der Waals surface area contributed by atoms with Crippen LogP contribution in [0, 0.1) is 17.7 Å². The molecule has 0 heterocycles. The number of rotatable bonds is 4. The molecule has 4 heteroatoms. The molecular weight excluding hydrogens is 255 g/mol. The Bertz CT molecular complexity index is 476. The van der Waals surface area contributed by atoms with Crippen LogP contribution in [0.2, 0.25) is 0 Å². The molecule has 20 heavy (non-hydrogen) atoms. The summed E-state index contributed by atoms with van der Waals surface area (Å²) in [4.78, 5) is 12.0. The van der Waals surface area contributed by atoms with Gasteiger partial charge in [-0.05, 0) is 42.9 Å². The molecule has 1 saturated carbocycles. The lowest BCUT2D eigenvalue weighted by Crippen LogP contribution is -2.27. The number of amides is 1. The highest BCUT2D eigenvalue weighted by Crippen LogP contribution is 2.30. The fraction of sp³-hybridized carbons (Fsp3) is 0.562. The summed E-state index contributed by atoms with van der Waals surface area (Å²) in [6.07, 6.45) is 6.10. The Kier molecular flexibility index (Phi) is 4.99. The third kappa shape index (κ3) is 3.95. The van der Waals surface area contributed by atoms with Crippen molar-refractivity contribution in [2.45, 2.75) is 39.0 Å². The fourth-order valence-corrected chi connectivity index (χ4v) is 3.03. The molecule has 0 bridgehead atoms. The topological polar surface area (TPSA) is 55.1 Å². The zero-order chi connectivity index (χ0) is 14.5. The summed E-state index contributed by atoms with van der Waals surface area (Å²) < 4.78 is 13.1. The molecule has 1 aromatic carbocycles. The van der Waals surface area contributed by atoms with Gasteiger partial charge in [0.2, 0.25) is 0 Å². The standard InChI is InChI=1S/C16H23FN2O/c1-11-3-2-4-12(9-11)7-8-19-16(20)14-10-13(17)5-6-15(14)18/h5-6,10-12H,2-4,7-9,18H2,1H3,(H,19,20). The number of hydrogen-bond acceptors (Lipinski definition) is 2. The van der Waals surface area contributed by atoms with Crippen molar-refractivity contribution < 1.29 is 9.18 Å². The molecule has 3 N–H and O–H groups in total. The van der Waals surface area contributed by atoms with Crippen LogP contribution >= 0.6 is 0 Å². The maximum absolute atomic E-state index is 13.1. The average molecular weight is 278 g/mol. The Hall–Kier alpha value is -1.58. The van der Waals surface area contributed by atoms with E-state index in [0.29, 0.717) is 18.2 Å². The van der Waals surface area contributed by atoms with Crippen LogP contribution in [0.15, 0.2) is 18.2 Å². The summed E-state index contributed by atoms with van der Waals surface area (Å²) in [5.41, 5.74) is 6.23. The minimum Gasteiger partial charge on any atom is -0.398 e. The lowest BCUT2D eigenvalue weighted by atomic mass is 9.81. The first-order valence-corrected chi connectivity index (χ1v) is 7.39. The van der Waals surface area contributed by atoms with Crippen molar-refractivity contribution in [3.63, 3.8) is 0 Å². The van der Waals surface area contributed by atoms with E-state index in [2.05, 4.69) is 12.2 Å². The molecule has 0 aromatic heterocycles. The Morgan fingerprint density at radius 3 is 3.00 bits per heavy atom. The monoisotopic (exact) mass is 278 g/mol. The fourth-order valence-electron chi connectivity index (χ4n) is 3.03. The van der Waals surface area contributed by atoms with Crippen LogP contribution in [0.5, 0.6) is 0 Å². The van der Waals surface area contributed by atoms with Crippen LogP contribution in [-0.4, -0.2) is 12.5 Å². The number of carbonyl (C=O) groups is 1. The lowest BCUT2D eigenvalue weighted by Gasteiger charge is -2.26. The second-order valence-electron chi connectivity index (χ2n) is 5.91. The summed E-state index contributed by atoms with van der Waals surface area (Å²) in [5, 5.41) is 2.84.